The minimum atomic E-state index is 0.0533. The Morgan fingerprint density at radius 3 is 2.89 bits per heavy atom. The molecule has 0 aliphatic carbocycles. The number of carbonyl (C=O) groups excluding carboxylic acids is 1. The molecule has 3 N–H and O–H groups in total. The molecule has 1 aromatic heterocycles. The predicted molar refractivity (Wildman–Crippen MR) is 71.8 cm³/mol. The Morgan fingerprint density at radius 2 is 2.28 bits per heavy atom. The van der Waals surface area contributed by atoms with Crippen LogP contribution in [0.15, 0.2) is 18.3 Å². The number of aromatic nitrogens is 1. The van der Waals surface area contributed by atoms with Crippen molar-refractivity contribution in [2.24, 2.45) is 5.73 Å². The zero-order valence-electron chi connectivity index (χ0n) is 11.1. The standard InChI is InChI=1S/C13H22N4O/c1-3-15-13(18)10-17(4-2)9-11-6-5-7-16-12(11)8-14/h5-7H,3-4,8-10,14H2,1-2H3,(H,15,18). The Hall–Kier alpha value is -1.46. The summed E-state index contributed by atoms with van der Waals surface area (Å²) in [6.45, 7) is 6.97. The van der Waals surface area contributed by atoms with Gasteiger partial charge in [0, 0.05) is 25.8 Å². The zero-order chi connectivity index (χ0) is 13.4. The van der Waals surface area contributed by atoms with E-state index in [1.54, 1.807) is 6.20 Å². The molecule has 0 aromatic carbocycles. The minimum Gasteiger partial charge on any atom is -0.355 e. The highest BCUT2D eigenvalue weighted by molar-refractivity contribution is 5.77. The van der Waals surface area contributed by atoms with Crippen LogP contribution >= 0.6 is 0 Å². The molecule has 0 atom stereocenters. The van der Waals surface area contributed by atoms with Gasteiger partial charge in [-0.15, -0.1) is 0 Å². The molecule has 0 bridgehead atoms. The number of amides is 1. The number of likely N-dealkylation sites (N-methyl/N-ethyl adjacent to an activating group) is 2. The van der Waals surface area contributed by atoms with Crippen molar-refractivity contribution in [1.82, 2.24) is 15.2 Å². The minimum absolute atomic E-state index is 0.0533. The number of pyridine rings is 1. The van der Waals surface area contributed by atoms with Crippen molar-refractivity contribution in [3.63, 3.8) is 0 Å². The third-order valence-electron chi connectivity index (χ3n) is 2.76. The number of carbonyl (C=O) groups is 1. The van der Waals surface area contributed by atoms with Gasteiger partial charge in [0.1, 0.15) is 0 Å². The van der Waals surface area contributed by atoms with E-state index in [-0.39, 0.29) is 5.91 Å². The van der Waals surface area contributed by atoms with Crippen LogP contribution in [0.1, 0.15) is 25.1 Å². The maximum atomic E-state index is 11.6. The summed E-state index contributed by atoms with van der Waals surface area (Å²) in [6, 6.07) is 3.91. The summed E-state index contributed by atoms with van der Waals surface area (Å²) in [5, 5.41) is 2.80. The van der Waals surface area contributed by atoms with E-state index < -0.39 is 0 Å². The van der Waals surface area contributed by atoms with E-state index in [2.05, 4.69) is 15.2 Å². The van der Waals surface area contributed by atoms with Crippen LogP contribution in [0.2, 0.25) is 0 Å². The van der Waals surface area contributed by atoms with Crippen molar-refractivity contribution in [1.29, 1.82) is 0 Å². The number of nitrogens with one attached hydrogen (secondary N) is 1. The first-order valence-corrected chi connectivity index (χ1v) is 6.33. The first-order chi connectivity index (χ1) is 8.71. The number of hydrogen-bond acceptors (Lipinski definition) is 4. The highest BCUT2D eigenvalue weighted by Crippen LogP contribution is 2.08. The second kappa shape index (κ2) is 7.79. The van der Waals surface area contributed by atoms with E-state index in [1.807, 2.05) is 26.0 Å². The van der Waals surface area contributed by atoms with Crippen LogP contribution in [0.25, 0.3) is 0 Å². The first-order valence-electron chi connectivity index (χ1n) is 6.33. The quantitative estimate of drug-likeness (QED) is 0.739. The van der Waals surface area contributed by atoms with E-state index in [1.165, 1.54) is 0 Å². The molecular weight excluding hydrogens is 228 g/mol. The second-order valence-electron chi connectivity index (χ2n) is 4.07. The van der Waals surface area contributed by atoms with Gasteiger partial charge in [0.15, 0.2) is 0 Å². The van der Waals surface area contributed by atoms with Gasteiger partial charge in [-0.2, -0.15) is 0 Å². The lowest BCUT2D eigenvalue weighted by Crippen LogP contribution is -2.37. The molecule has 0 unspecified atom stereocenters. The fourth-order valence-corrected chi connectivity index (χ4v) is 1.78. The Bertz CT molecular complexity index is 381. The van der Waals surface area contributed by atoms with Crippen LogP contribution in [0.5, 0.6) is 0 Å². The summed E-state index contributed by atoms with van der Waals surface area (Å²) >= 11 is 0. The number of nitrogens with two attached hydrogens (primary N) is 1. The highest BCUT2D eigenvalue weighted by Gasteiger charge is 2.11. The molecule has 0 aliphatic heterocycles. The molecule has 1 heterocycles. The summed E-state index contributed by atoms with van der Waals surface area (Å²) in [6.07, 6.45) is 1.74. The largest absolute Gasteiger partial charge is 0.355 e. The molecule has 0 saturated carbocycles. The number of rotatable bonds is 7. The molecule has 5 heteroatoms. The molecule has 0 spiro atoms. The van der Waals surface area contributed by atoms with Crippen molar-refractivity contribution in [2.45, 2.75) is 26.9 Å². The summed E-state index contributed by atoms with van der Waals surface area (Å²) < 4.78 is 0. The van der Waals surface area contributed by atoms with Gasteiger partial charge in [-0.25, -0.2) is 0 Å². The van der Waals surface area contributed by atoms with Gasteiger partial charge in [-0.1, -0.05) is 13.0 Å². The third-order valence-corrected chi connectivity index (χ3v) is 2.76. The number of hydrogen-bond donors (Lipinski definition) is 2. The van der Waals surface area contributed by atoms with Crippen molar-refractivity contribution in [2.75, 3.05) is 19.6 Å². The van der Waals surface area contributed by atoms with Gasteiger partial charge in [0.05, 0.1) is 12.2 Å². The lowest BCUT2D eigenvalue weighted by Gasteiger charge is -2.20. The molecule has 0 fully saturated rings. The van der Waals surface area contributed by atoms with Gasteiger partial charge in [0.2, 0.25) is 5.91 Å². The van der Waals surface area contributed by atoms with E-state index in [0.29, 0.717) is 26.2 Å². The molecule has 0 saturated heterocycles. The maximum absolute atomic E-state index is 11.6. The molecule has 0 radical (unpaired) electrons. The molecule has 5 nitrogen and oxygen atoms in total. The zero-order valence-corrected chi connectivity index (χ0v) is 11.1. The normalized spacial score (nSPS) is 10.7. The average molecular weight is 250 g/mol. The maximum Gasteiger partial charge on any atom is 0.234 e. The smallest absolute Gasteiger partial charge is 0.234 e. The molecule has 0 aliphatic rings. The van der Waals surface area contributed by atoms with Gasteiger partial charge in [-0.05, 0) is 25.1 Å². The summed E-state index contributed by atoms with van der Waals surface area (Å²) in [5.41, 5.74) is 7.64. The average Bonchev–Trinajstić information content (AvgIpc) is 2.38. The SMILES string of the molecule is CCNC(=O)CN(CC)Cc1cccnc1CN. The molecule has 18 heavy (non-hydrogen) atoms. The molecule has 100 valence electrons. The predicted octanol–water partition coefficient (Wildman–Crippen LogP) is 0.498. The summed E-state index contributed by atoms with van der Waals surface area (Å²) in [7, 11) is 0. The summed E-state index contributed by atoms with van der Waals surface area (Å²) in [5.74, 6) is 0.0533. The van der Waals surface area contributed by atoms with Crippen LogP contribution in [0, 0.1) is 0 Å². The Kier molecular flexibility index (Phi) is 6.32. The highest BCUT2D eigenvalue weighted by atomic mass is 16.2. The second-order valence-corrected chi connectivity index (χ2v) is 4.07. The first kappa shape index (κ1) is 14.6. The summed E-state index contributed by atoms with van der Waals surface area (Å²) in [4.78, 5) is 17.9. The van der Waals surface area contributed by atoms with Gasteiger partial charge in [-0.3, -0.25) is 14.7 Å². The fourth-order valence-electron chi connectivity index (χ4n) is 1.78. The van der Waals surface area contributed by atoms with Crippen LogP contribution in [0.3, 0.4) is 0 Å². The van der Waals surface area contributed by atoms with Gasteiger partial charge >= 0.3 is 0 Å². The van der Waals surface area contributed by atoms with Crippen molar-refractivity contribution >= 4 is 5.91 Å². The topological polar surface area (TPSA) is 71.2 Å². The molecule has 1 amide bonds. The fraction of sp³-hybridized carbons (Fsp3) is 0.538. The third kappa shape index (κ3) is 4.43. The molecular formula is C13H22N4O. The molecule has 1 aromatic rings. The van der Waals surface area contributed by atoms with Crippen molar-refractivity contribution in [3.05, 3.63) is 29.6 Å². The van der Waals surface area contributed by atoms with E-state index >= 15 is 0 Å². The van der Waals surface area contributed by atoms with Crippen LogP contribution in [-0.2, 0) is 17.9 Å². The van der Waals surface area contributed by atoms with Crippen LogP contribution < -0.4 is 11.1 Å². The lowest BCUT2D eigenvalue weighted by atomic mass is 10.2. The van der Waals surface area contributed by atoms with Gasteiger partial charge in [0.25, 0.3) is 0 Å². The molecule has 1 rings (SSSR count). The van der Waals surface area contributed by atoms with E-state index in [4.69, 9.17) is 5.73 Å². The van der Waals surface area contributed by atoms with E-state index in [0.717, 1.165) is 17.8 Å². The van der Waals surface area contributed by atoms with E-state index in [9.17, 15) is 4.79 Å². The lowest BCUT2D eigenvalue weighted by molar-refractivity contribution is -0.122. The Labute approximate surface area is 108 Å². The van der Waals surface area contributed by atoms with Crippen LogP contribution in [0.4, 0.5) is 0 Å². The monoisotopic (exact) mass is 250 g/mol. The Balaban J connectivity index is 2.64. The van der Waals surface area contributed by atoms with Crippen molar-refractivity contribution in [3.8, 4) is 0 Å². The Morgan fingerprint density at radius 1 is 1.50 bits per heavy atom. The number of nitrogens with zero attached hydrogens (tertiary/aromatic N) is 2. The van der Waals surface area contributed by atoms with Gasteiger partial charge < -0.3 is 11.1 Å². The van der Waals surface area contributed by atoms with Crippen LogP contribution in [-0.4, -0.2) is 35.4 Å². The van der Waals surface area contributed by atoms with Crippen molar-refractivity contribution < 1.29 is 4.79 Å².